The first-order valence-electron chi connectivity index (χ1n) is 5.70. The molecule has 0 aliphatic heterocycles. The maximum absolute atomic E-state index is 12.1. The Kier molecular flexibility index (Phi) is 3.80. The number of carbonyl (C=O) groups is 1. The SMILES string of the molecule is COC(=O)c1ccc(NS(=O)(=O)c2ccc(C)cc2)o1. The number of hydrogen-bond donors (Lipinski definition) is 1. The molecule has 2 rings (SSSR count). The van der Waals surface area contributed by atoms with Crippen molar-refractivity contribution in [1.82, 2.24) is 0 Å². The van der Waals surface area contributed by atoms with Gasteiger partial charge in [-0.3, -0.25) is 0 Å². The summed E-state index contributed by atoms with van der Waals surface area (Å²) in [7, 11) is -2.54. The van der Waals surface area contributed by atoms with E-state index in [2.05, 4.69) is 9.46 Å². The van der Waals surface area contributed by atoms with Gasteiger partial charge in [-0.05, 0) is 25.1 Å². The molecule has 2 aromatic rings. The molecular formula is C13H13NO5S. The van der Waals surface area contributed by atoms with Gasteiger partial charge >= 0.3 is 5.97 Å². The van der Waals surface area contributed by atoms with E-state index in [1.807, 2.05) is 6.92 Å². The highest BCUT2D eigenvalue weighted by atomic mass is 32.2. The molecule has 0 aliphatic carbocycles. The lowest BCUT2D eigenvalue weighted by molar-refractivity contribution is 0.0566. The molecular weight excluding hydrogens is 282 g/mol. The molecule has 1 aromatic heterocycles. The molecule has 0 spiro atoms. The highest BCUT2D eigenvalue weighted by Crippen LogP contribution is 2.19. The maximum atomic E-state index is 12.1. The van der Waals surface area contributed by atoms with Gasteiger partial charge in [0.05, 0.1) is 12.0 Å². The molecule has 0 fully saturated rings. The molecule has 106 valence electrons. The van der Waals surface area contributed by atoms with Gasteiger partial charge < -0.3 is 9.15 Å². The quantitative estimate of drug-likeness (QED) is 0.874. The van der Waals surface area contributed by atoms with Gasteiger partial charge in [0.25, 0.3) is 10.0 Å². The number of ether oxygens (including phenoxy) is 1. The number of methoxy groups -OCH3 is 1. The zero-order valence-corrected chi connectivity index (χ0v) is 11.7. The monoisotopic (exact) mass is 295 g/mol. The average molecular weight is 295 g/mol. The van der Waals surface area contributed by atoms with Gasteiger partial charge in [0, 0.05) is 6.07 Å². The molecule has 0 radical (unpaired) electrons. The van der Waals surface area contributed by atoms with Crippen LogP contribution in [0.3, 0.4) is 0 Å². The van der Waals surface area contributed by atoms with Crippen molar-refractivity contribution < 1.29 is 22.4 Å². The molecule has 0 amide bonds. The van der Waals surface area contributed by atoms with Crippen LogP contribution in [-0.2, 0) is 14.8 Å². The number of benzene rings is 1. The topological polar surface area (TPSA) is 85.6 Å². The van der Waals surface area contributed by atoms with Crippen LogP contribution in [0.2, 0.25) is 0 Å². The molecule has 0 unspecified atom stereocenters. The minimum Gasteiger partial charge on any atom is -0.463 e. The van der Waals surface area contributed by atoms with E-state index in [-0.39, 0.29) is 16.5 Å². The van der Waals surface area contributed by atoms with Gasteiger partial charge in [0.1, 0.15) is 0 Å². The number of nitrogens with one attached hydrogen (secondary N) is 1. The van der Waals surface area contributed by atoms with E-state index in [9.17, 15) is 13.2 Å². The number of aryl methyl sites for hydroxylation is 1. The molecule has 6 nitrogen and oxygen atoms in total. The summed E-state index contributed by atoms with van der Waals surface area (Å²) in [5.41, 5.74) is 0.954. The zero-order valence-electron chi connectivity index (χ0n) is 10.9. The summed E-state index contributed by atoms with van der Waals surface area (Å²) in [5, 5.41) is 0. The van der Waals surface area contributed by atoms with Crippen LogP contribution in [0.5, 0.6) is 0 Å². The minimum atomic E-state index is -3.75. The lowest BCUT2D eigenvalue weighted by atomic mass is 10.2. The van der Waals surface area contributed by atoms with E-state index < -0.39 is 16.0 Å². The first-order chi connectivity index (χ1) is 9.42. The summed E-state index contributed by atoms with van der Waals surface area (Å²) in [4.78, 5) is 11.3. The predicted octanol–water partition coefficient (Wildman–Crippen LogP) is 2.18. The first-order valence-corrected chi connectivity index (χ1v) is 7.18. The van der Waals surface area contributed by atoms with E-state index >= 15 is 0 Å². The molecule has 1 N–H and O–H groups in total. The van der Waals surface area contributed by atoms with Crippen LogP contribution in [0.25, 0.3) is 0 Å². The third-order valence-corrected chi connectivity index (χ3v) is 3.92. The van der Waals surface area contributed by atoms with Gasteiger partial charge in [-0.15, -0.1) is 0 Å². The second-order valence-corrected chi connectivity index (χ2v) is 5.76. The largest absolute Gasteiger partial charge is 0.463 e. The molecule has 1 heterocycles. The molecule has 1 aromatic carbocycles. The van der Waals surface area contributed by atoms with Gasteiger partial charge in [-0.2, -0.15) is 0 Å². The first kappa shape index (κ1) is 14.1. The van der Waals surface area contributed by atoms with Crippen LogP contribution in [0, 0.1) is 6.92 Å². The number of anilines is 1. The number of hydrogen-bond acceptors (Lipinski definition) is 5. The third-order valence-electron chi connectivity index (χ3n) is 2.56. The standard InChI is InChI=1S/C13H13NO5S/c1-9-3-5-10(6-4-9)20(16,17)14-12-8-7-11(19-12)13(15)18-2/h3-8,14H,1-2H3. The van der Waals surface area contributed by atoms with E-state index in [0.717, 1.165) is 5.56 Å². The van der Waals surface area contributed by atoms with Crippen molar-refractivity contribution >= 4 is 21.9 Å². The Morgan fingerprint density at radius 3 is 2.40 bits per heavy atom. The van der Waals surface area contributed by atoms with Crippen LogP contribution < -0.4 is 4.72 Å². The van der Waals surface area contributed by atoms with E-state index in [0.29, 0.717) is 0 Å². The second kappa shape index (κ2) is 5.38. The Labute approximate surface area is 116 Å². The van der Waals surface area contributed by atoms with Crippen LogP contribution >= 0.6 is 0 Å². The van der Waals surface area contributed by atoms with Gasteiger partial charge in [-0.25, -0.2) is 17.9 Å². The Balaban J connectivity index is 2.22. The Morgan fingerprint density at radius 2 is 1.80 bits per heavy atom. The molecule has 0 saturated heterocycles. The highest BCUT2D eigenvalue weighted by Gasteiger charge is 2.17. The smallest absolute Gasteiger partial charge is 0.374 e. The van der Waals surface area contributed by atoms with Gasteiger partial charge in [-0.1, -0.05) is 17.7 Å². The molecule has 20 heavy (non-hydrogen) atoms. The summed E-state index contributed by atoms with van der Waals surface area (Å²) in [5.74, 6) is -0.800. The van der Waals surface area contributed by atoms with Crippen molar-refractivity contribution in [3.63, 3.8) is 0 Å². The lowest BCUT2D eigenvalue weighted by Crippen LogP contribution is -2.12. The van der Waals surface area contributed by atoms with E-state index in [1.54, 1.807) is 12.1 Å². The summed E-state index contributed by atoms with van der Waals surface area (Å²) in [6.07, 6.45) is 0. The second-order valence-electron chi connectivity index (χ2n) is 4.07. The van der Waals surface area contributed by atoms with Gasteiger partial charge in [0.2, 0.25) is 11.6 Å². The Bertz CT molecular complexity index is 715. The summed E-state index contributed by atoms with van der Waals surface area (Å²) in [6.45, 7) is 1.86. The van der Waals surface area contributed by atoms with Crippen molar-refractivity contribution in [2.24, 2.45) is 0 Å². The van der Waals surface area contributed by atoms with E-state index in [1.165, 1.54) is 31.4 Å². The van der Waals surface area contributed by atoms with Gasteiger partial charge in [0.15, 0.2) is 0 Å². The van der Waals surface area contributed by atoms with Crippen LogP contribution in [-0.4, -0.2) is 21.5 Å². The predicted molar refractivity (Wildman–Crippen MR) is 72.0 cm³/mol. The fourth-order valence-corrected chi connectivity index (χ4v) is 2.50. The Morgan fingerprint density at radius 1 is 1.15 bits per heavy atom. The number of sulfonamides is 1. The summed E-state index contributed by atoms with van der Waals surface area (Å²) >= 11 is 0. The highest BCUT2D eigenvalue weighted by molar-refractivity contribution is 7.92. The number of rotatable bonds is 4. The van der Waals surface area contributed by atoms with Crippen molar-refractivity contribution in [2.75, 3.05) is 11.8 Å². The number of esters is 1. The van der Waals surface area contributed by atoms with Crippen LogP contribution in [0.4, 0.5) is 5.88 Å². The van der Waals surface area contributed by atoms with Crippen molar-refractivity contribution in [2.45, 2.75) is 11.8 Å². The number of carbonyl (C=O) groups excluding carboxylic acids is 1. The molecule has 0 bridgehead atoms. The van der Waals surface area contributed by atoms with Crippen LogP contribution in [0.15, 0.2) is 45.7 Å². The fourth-order valence-electron chi connectivity index (χ4n) is 1.51. The zero-order chi connectivity index (χ0) is 14.8. The van der Waals surface area contributed by atoms with Crippen LogP contribution in [0.1, 0.15) is 16.1 Å². The summed E-state index contributed by atoms with van der Waals surface area (Å²) in [6, 6.07) is 9.04. The average Bonchev–Trinajstić information content (AvgIpc) is 2.86. The minimum absolute atomic E-state index is 0.0500. The van der Waals surface area contributed by atoms with Crippen molar-refractivity contribution in [3.05, 3.63) is 47.7 Å². The fraction of sp³-hybridized carbons (Fsp3) is 0.154. The molecule has 0 aliphatic rings. The molecule has 0 atom stereocenters. The van der Waals surface area contributed by atoms with Crippen molar-refractivity contribution in [1.29, 1.82) is 0 Å². The van der Waals surface area contributed by atoms with E-state index in [4.69, 9.17) is 4.42 Å². The molecule has 0 saturated carbocycles. The normalized spacial score (nSPS) is 11.1. The maximum Gasteiger partial charge on any atom is 0.374 e. The summed E-state index contributed by atoms with van der Waals surface area (Å²) < 4.78 is 35.9. The number of furan rings is 1. The lowest BCUT2D eigenvalue weighted by Gasteiger charge is -2.05. The Hall–Kier alpha value is -2.28. The van der Waals surface area contributed by atoms with Crippen molar-refractivity contribution in [3.8, 4) is 0 Å². The third kappa shape index (κ3) is 3.00. The molecule has 7 heteroatoms.